The van der Waals surface area contributed by atoms with Crippen molar-refractivity contribution in [1.82, 2.24) is 15.2 Å². The van der Waals surface area contributed by atoms with Crippen molar-refractivity contribution in [2.24, 2.45) is 0 Å². The maximum atomic E-state index is 5.75. The molecule has 0 aliphatic carbocycles. The lowest BCUT2D eigenvalue weighted by molar-refractivity contribution is -0.0251. The van der Waals surface area contributed by atoms with Crippen LogP contribution in [0.25, 0.3) is 0 Å². The third-order valence-corrected chi connectivity index (χ3v) is 3.38. The SMILES string of the molecule is CCN1CCOC(CNCCc2ccncc2)C1. The summed E-state index contributed by atoms with van der Waals surface area (Å²) in [6.07, 6.45) is 5.08. The number of nitrogens with one attached hydrogen (secondary N) is 1. The fraction of sp³-hybridized carbons (Fsp3) is 0.643. The van der Waals surface area contributed by atoms with E-state index in [2.05, 4.69) is 34.3 Å². The summed E-state index contributed by atoms with van der Waals surface area (Å²) < 4.78 is 5.75. The molecule has 0 aromatic carbocycles. The topological polar surface area (TPSA) is 37.4 Å². The molecule has 1 aliphatic heterocycles. The Morgan fingerprint density at radius 2 is 2.28 bits per heavy atom. The maximum absolute atomic E-state index is 5.75. The first-order chi connectivity index (χ1) is 8.88. The Morgan fingerprint density at radius 3 is 3.06 bits per heavy atom. The molecule has 1 atom stereocenters. The molecule has 1 aliphatic rings. The van der Waals surface area contributed by atoms with Gasteiger partial charge in [0.2, 0.25) is 0 Å². The quantitative estimate of drug-likeness (QED) is 0.761. The van der Waals surface area contributed by atoms with Gasteiger partial charge in [0.1, 0.15) is 0 Å². The van der Waals surface area contributed by atoms with E-state index >= 15 is 0 Å². The van der Waals surface area contributed by atoms with E-state index in [4.69, 9.17) is 4.74 Å². The summed E-state index contributed by atoms with van der Waals surface area (Å²) >= 11 is 0. The largest absolute Gasteiger partial charge is 0.374 e. The molecular formula is C14H23N3O. The average Bonchev–Trinajstić information content (AvgIpc) is 2.45. The first kappa shape index (κ1) is 13.5. The minimum atomic E-state index is 0.344. The van der Waals surface area contributed by atoms with Gasteiger partial charge in [-0.05, 0) is 37.2 Å². The van der Waals surface area contributed by atoms with Crippen molar-refractivity contribution in [2.75, 3.05) is 39.3 Å². The highest BCUT2D eigenvalue weighted by molar-refractivity contribution is 5.09. The van der Waals surface area contributed by atoms with E-state index in [-0.39, 0.29) is 0 Å². The van der Waals surface area contributed by atoms with Gasteiger partial charge in [0.15, 0.2) is 0 Å². The lowest BCUT2D eigenvalue weighted by Gasteiger charge is -2.32. The Labute approximate surface area is 109 Å². The molecular weight excluding hydrogens is 226 g/mol. The zero-order chi connectivity index (χ0) is 12.6. The number of pyridine rings is 1. The molecule has 18 heavy (non-hydrogen) atoms. The summed E-state index contributed by atoms with van der Waals surface area (Å²) in [5.74, 6) is 0. The van der Waals surface area contributed by atoms with E-state index in [1.165, 1.54) is 5.56 Å². The van der Waals surface area contributed by atoms with Gasteiger partial charge in [0.05, 0.1) is 12.7 Å². The van der Waals surface area contributed by atoms with Gasteiger partial charge in [-0.1, -0.05) is 6.92 Å². The van der Waals surface area contributed by atoms with E-state index in [1.807, 2.05) is 12.4 Å². The molecule has 1 aromatic rings. The molecule has 1 saturated heterocycles. The van der Waals surface area contributed by atoms with Gasteiger partial charge in [-0.2, -0.15) is 0 Å². The fourth-order valence-electron chi connectivity index (χ4n) is 2.24. The molecule has 0 bridgehead atoms. The van der Waals surface area contributed by atoms with Gasteiger partial charge >= 0.3 is 0 Å². The molecule has 100 valence electrons. The zero-order valence-corrected chi connectivity index (χ0v) is 11.1. The number of hydrogen-bond acceptors (Lipinski definition) is 4. The molecule has 0 spiro atoms. The van der Waals surface area contributed by atoms with Gasteiger partial charge in [-0.15, -0.1) is 0 Å². The summed E-state index contributed by atoms with van der Waals surface area (Å²) in [7, 11) is 0. The molecule has 1 aromatic heterocycles. The highest BCUT2D eigenvalue weighted by atomic mass is 16.5. The lowest BCUT2D eigenvalue weighted by atomic mass is 10.2. The number of aromatic nitrogens is 1. The van der Waals surface area contributed by atoms with Crippen molar-refractivity contribution in [3.63, 3.8) is 0 Å². The number of ether oxygens (including phenoxy) is 1. The molecule has 0 radical (unpaired) electrons. The second-order valence-corrected chi connectivity index (χ2v) is 4.70. The standard InChI is InChI=1S/C14H23N3O/c1-2-17-9-10-18-14(12-17)11-16-8-5-13-3-6-15-7-4-13/h3-4,6-7,14,16H,2,5,8-12H2,1H3. The lowest BCUT2D eigenvalue weighted by Crippen LogP contribution is -2.46. The van der Waals surface area contributed by atoms with Gasteiger partial charge in [0.25, 0.3) is 0 Å². The van der Waals surface area contributed by atoms with E-state index in [0.29, 0.717) is 6.10 Å². The highest BCUT2D eigenvalue weighted by Gasteiger charge is 2.18. The van der Waals surface area contributed by atoms with Crippen molar-refractivity contribution in [3.8, 4) is 0 Å². The van der Waals surface area contributed by atoms with Crippen molar-refractivity contribution >= 4 is 0 Å². The molecule has 4 heteroatoms. The van der Waals surface area contributed by atoms with Crippen LogP contribution in [-0.2, 0) is 11.2 Å². The van der Waals surface area contributed by atoms with Crippen LogP contribution in [0, 0.1) is 0 Å². The third kappa shape index (κ3) is 4.37. The first-order valence-electron chi connectivity index (χ1n) is 6.82. The Morgan fingerprint density at radius 1 is 1.44 bits per heavy atom. The minimum absolute atomic E-state index is 0.344. The normalized spacial score (nSPS) is 21.1. The van der Waals surface area contributed by atoms with Gasteiger partial charge < -0.3 is 10.1 Å². The maximum Gasteiger partial charge on any atom is 0.0826 e. The monoisotopic (exact) mass is 249 g/mol. The summed E-state index contributed by atoms with van der Waals surface area (Å²) in [5.41, 5.74) is 1.33. The van der Waals surface area contributed by atoms with E-state index < -0.39 is 0 Å². The van der Waals surface area contributed by atoms with Crippen LogP contribution < -0.4 is 5.32 Å². The fourth-order valence-corrected chi connectivity index (χ4v) is 2.24. The van der Waals surface area contributed by atoms with Crippen LogP contribution in [0.3, 0.4) is 0 Å². The van der Waals surface area contributed by atoms with E-state index in [9.17, 15) is 0 Å². The van der Waals surface area contributed by atoms with Crippen molar-refractivity contribution in [1.29, 1.82) is 0 Å². The van der Waals surface area contributed by atoms with Gasteiger partial charge in [0, 0.05) is 32.0 Å². The molecule has 0 amide bonds. The molecule has 1 fully saturated rings. The Balaban J connectivity index is 1.60. The second-order valence-electron chi connectivity index (χ2n) is 4.70. The van der Waals surface area contributed by atoms with Gasteiger partial charge in [-0.25, -0.2) is 0 Å². The van der Waals surface area contributed by atoms with Crippen LogP contribution in [-0.4, -0.2) is 55.3 Å². The van der Waals surface area contributed by atoms with Crippen molar-refractivity contribution in [2.45, 2.75) is 19.4 Å². The summed E-state index contributed by atoms with van der Waals surface area (Å²) in [5, 5.41) is 3.48. The summed E-state index contributed by atoms with van der Waals surface area (Å²) in [6.45, 7) is 8.26. The first-order valence-corrected chi connectivity index (χ1v) is 6.82. The van der Waals surface area contributed by atoms with Crippen LogP contribution in [0.1, 0.15) is 12.5 Å². The molecule has 2 heterocycles. The van der Waals surface area contributed by atoms with Crippen LogP contribution in [0.4, 0.5) is 0 Å². The van der Waals surface area contributed by atoms with E-state index in [1.54, 1.807) is 0 Å². The smallest absolute Gasteiger partial charge is 0.0826 e. The molecule has 4 nitrogen and oxygen atoms in total. The molecule has 1 unspecified atom stereocenters. The minimum Gasteiger partial charge on any atom is -0.374 e. The summed E-state index contributed by atoms with van der Waals surface area (Å²) in [6, 6.07) is 4.13. The van der Waals surface area contributed by atoms with E-state index in [0.717, 1.165) is 45.8 Å². The summed E-state index contributed by atoms with van der Waals surface area (Å²) in [4.78, 5) is 6.46. The molecule has 0 saturated carbocycles. The van der Waals surface area contributed by atoms with Crippen LogP contribution in [0.15, 0.2) is 24.5 Å². The zero-order valence-electron chi connectivity index (χ0n) is 11.1. The Hall–Kier alpha value is -0.970. The predicted octanol–water partition coefficient (Wildman–Crippen LogP) is 0.934. The number of nitrogens with zero attached hydrogens (tertiary/aromatic N) is 2. The van der Waals surface area contributed by atoms with Crippen LogP contribution in [0.2, 0.25) is 0 Å². The predicted molar refractivity (Wildman–Crippen MR) is 72.7 cm³/mol. The van der Waals surface area contributed by atoms with Crippen LogP contribution in [0.5, 0.6) is 0 Å². The number of rotatable bonds is 6. The molecule has 2 rings (SSSR count). The van der Waals surface area contributed by atoms with Gasteiger partial charge in [-0.3, -0.25) is 9.88 Å². The number of hydrogen-bond donors (Lipinski definition) is 1. The Bertz CT molecular complexity index is 331. The highest BCUT2D eigenvalue weighted by Crippen LogP contribution is 2.03. The van der Waals surface area contributed by atoms with Crippen LogP contribution >= 0.6 is 0 Å². The number of morpholine rings is 1. The third-order valence-electron chi connectivity index (χ3n) is 3.38. The molecule has 1 N–H and O–H groups in total. The Kier molecular flexibility index (Phi) is 5.58. The van der Waals surface area contributed by atoms with Crippen molar-refractivity contribution in [3.05, 3.63) is 30.1 Å². The van der Waals surface area contributed by atoms with Crippen molar-refractivity contribution < 1.29 is 4.74 Å². The second kappa shape index (κ2) is 7.46. The average molecular weight is 249 g/mol. The number of likely N-dealkylation sites (N-methyl/N-ethyl adjacent to an activating group) is 1.